The number of aromatic nitrogens is 1. The molecule has 29 heavy (non-hydrogen) atoms. The average molecular weight is 434 g/mol. The second-order valence-corrected chi connectivity index (χ2v) is 9.08. The molecule has 0 saturated heterocycles. The minimum atomic E-state index is -0.636. The van der Waals surface area contributed by atoms with Gasteiger partial charge in [0, 0.05) is 10.4 Å². The van der Waals surface area contributed by atoms with Crippen LogP contribution in [0.4, 0.5) is 15.6 Å². The van der Waals surface area contributed by atoms with E-state index in [0.29, 0.717) is 15.4 Å². The van der Waals surface area contributed by atoms with Gasteiger partial charge in [0.2, 0.25) is 0 Å². The number of anilines is 2. The highest BCUT2D eigenvalue weighted by Gasteiger charge is 2.18. The summed E-state index contributed by atoms with van der Waals surface area (Å²) in [6.07, 6.45) is 0.744. The minimum absolute atomic E-state index is 0.264. The highest BCUT2D eigenvalue weighted by molar-refractivity contribution is 7.20. The third-order valence-electron chi connectivity index (χ3n) is 3.50. The normalized spacial score (nSPS) is 11.2. The van der Waals surface area contributed by atoms with Crippen molar-refractivity contribution in [1.29, 1.82) is 0 Å². The van der Waals surface area contributed by atoms with E-state index in [-0.39, 0.29) is 11.0 Å². The molecule has 0 radical (unpaired) electrons. The lowest BCUT2D eigenvalue weighted by Gasteiger charge is -2.18. The lowest BCUT2D eigenvalue weighted by atomic mass is 10.2. The summed E-state index contributed by atoms with van der Waals surface area (Å²) in [6, 6.07) is 7.07. The number of ether oxygens (including phenoxy) is 2. The third kappa shape index (κ3) is 5.30. The molecule has 0 aliphatic rings. The van der Waals surface area contributed by atoms with E-state index >= 15 is 0 Å². The molecule has 0 spiro atoms. The number of hydrogen-bond donors (Lipinski definition) is 2. The Morgan fingerprint density at radius 1 is 1.03 bits per heavy atom. The quantitative estimate of drug-likeness (QED) is 0.576. The van der Waals surface area contributed by atoms with Gasteiger partial charge in [0.1, 0.15) is 15.4 Å². The van der Waals surface area contributed by atoms with E-state index in [1.54, 1.807) is 39.0 Å². The zero-order chi connectivity index (χ0) is 21.2. The van der Waals surface area contributed by atoms with Gasteiger partial charge in [-0.15, -0.1) is 11.3 Å². The summed E-state index contributed by atoms with van der Waals surface area (Å²) in [5.74, 6) is -0.756. The Labute approximate surface area is 174 Å². The fourth-order valence-electron chi connectivity index (χ4n) is 2.34. The molecule has 0 atom stereocenters. The number of esters is 1. The van der Waals surface area contributed by atoms with Crippen molar-refractivity contribution in [2.24, 2.45) is 0 Å². The largest absolute Gasteiger partial charge is 0.465 e. The summed E-state index contributed by atoms with van der Waals surface area (Å²) in [5, 5.41) is 6.38. The van der Waals surface area contributed by atoms with Gasteiger partial charge in [-0.2, -0.15) is 0 Å². The molecular formula is C19H19N3O5S2. The van der Waals surface area contributed by atoms with Gasteiger partial charge in [-0.05, 0) is 50.4 Å². The van der Waals surface area contributed by atoms with Crippen LogP contribution in [0.2, 0.25) is 0 Å². The number of nitrogens with one attached hydrogen (secondary N) is 2. The van der Waals surface area contributed by atoms with Crippen LogP contribution in [0, 0.1) is 0 Å². The molecule has 0 fully saturated rings. The lowest BCUT2D eigenvalue weighted by Crippen LogP contribution is -2.27. The van der Waals surface area contributed by atoms with E-state index in [4.69, 9.17) is 9.47 Å². The van der Waals surface area contributed by atoms with Gasteiger partial charge in [-0.1, -0.05) is 11.3 Å². The number of nitrogens with zero attached hydrogens (tertiary/aromatic N) is 1. The van der Waals surface area contributed by atoms with Gasteiger partial charge in [0.25, 0.3) is 5.91 Å². The van der Waals surface area contributed by atoms with Gasteiger partial charge in [0.15, 0.2) is 5.13 Å². The summed E-state index contributed by atoms with van der Waals surface area (Å²) < 4.78 is 10.8. The van der Waals surface area contributed by atoms with Gasteiger partial charge >= 0.3 is 12.1 Å². The number of methoxy groups -OCH3 is 1. The number of benzene rings is 1. The molecule has 152 valence electrons. The molecule has 10 heteroatoms. The van der Waals surface area contributed by atoms with Crippen molar-refractivity contribution in [3.63, 3.8) is 0 Å². The van der Waals surface area contributed by atoms with E-state index in [2.05, 4.69) is 15.6 Å². The number of rotatable bonds is 4. The third-order valence-corrected chi connectivity index (χ3v) is 5.51. The molecule has 0 unspecified atom stereocenters. The first kappa shape index (κ1) is 20.7. The predicted molar refractivity (Wildman–Crippen MR) is 113 cm³/mol. The fraction of sp³-hybridized carbons (Fsp3) is 0.263. The Morgan fingerprint density at radius 2 is 1.79 bits per heavy atom. The Hall–Kier alpha value is -2.98. The van der Waals surface area contributed by atoms with Crippen molar-refractivity contribution >= 4 is 61.5 Å². The highest BCUT2D eigenvalue weighted by Crippen LogP contribution is 2.29. The molecule has 3 aromatic rings. The Morgan fingerprint density at radius 3 is 2.48 bits per heavy atom. The summed E-state index contributed by atoms with van der Waals surface area (Å²) in [7, 11) is 1.33. The number of thiophene rings is 1. The lowest BCUT2D eigenvalue weighted by molar-refractivity contribution is 0.0603. The molecule has 2 aromatic heterocycles. The van der Waals surface area contributed by atoms with E-state index in [0.717, 1.165) is 21.4 Å². The maximum Gasteiger partial charge on any atom is 0.413 e. The van der Waals surface area contributed by atoms with Crippen LogP contribution in [-0.4, -0.2) is 35.7 Å². The first-order chi connectivity index (χ1) is 13.6. The average Bonchev–Trinajstić information content (AvgIpc) is 3.25. The molecule has 2 heterocycles. The maximum atomic E-state index is 12.5. The molecule has 1 aromatic carbocycles. The number of fused-ring (bicyclic) bond motifs is 1. The molecule has 8 nitrogen and oxygen atoms in total. The van der Waals surface area contributed by atoms with E-state index in [9.17, 15) is 14.4 Å². The van der Waals surface area contributed by atoms with Crippen LogP contribution in [0.1, 0.15) is 40.1 Å². The van der Waals surface area contributed by atoms with Gasteiger partial charge in [-0.3, -0.25) is 10.1 Å². The van der Waals surface area contributed by atoms with Gasteiger partial charge < -0.3 is 14.8 Å². The SMILES string of the molecule is COC(=O)c1cc2cc(NC(=O)c3cnc(NC(=O)OC(C)(C)C)s3)ccc2s1. The second-order valence-electron chi connectivity index (χ2n) is 6.97. The molecule has 2 amide bonds. The molecule has 0 saturated carbocycles. The van der Waals surface area contributed by atoms with Crippen LogP contribution in [0.3, 0.4) is 0 Å². The number of carbonyl (C=O) groups is 3. The van der Waals surface area contributed by atoms with Crippen LogP contribution in [0.25, 0.3) is 10.1 Å². The van der Waals surface area contributed by atoms with E-state index < -0.39 is 17.7 Å². The van der Waals surface area contributed by atoms with Crippen molar-refractivity contribution in [2.75, 3.05) is 17.7 Å². The molecule has 2 N–H and O–H groups in total. The summed E-state index contributed by atoms with van der Waals surface area (Å²) in [6.45, 7) is 5.27. The van der Waals surface area contributed by atoms with Crippen LogP contribution < -0.4 is 10.6 Å². The predicted octanol–water partition coefficient (Wildman–Crippen LogP) is 4.74. The Kier molecular flexibility index (Phi) is 5.85. The Bertz CT molecular complexity index is 1080. The number of thiazole rings is 1. The standard InChI is InChI=1S/C19H19N3O5S2/c1-19(2,3)27-18(25)22-17-20-9-14(29-17)15(23)21-11-5-6-12-10(7-11)8-13(28-12)16(24)26-4/h5-9H,1-4H3,(H,21,23)(H,20,22,25). The van der Waals surface area contributed by atoms with Crippen molar-refractivity contribution in [3.8, 4) is 0 Å². The van der Waals surface area contributed by atoms with Crippen LogP contribution in [0.5, 0.6) is 0 Å². The van der Waals surface area contributed by atoms with Crippen molar-refractivity contribution in [3.05, 3.63) is 40.2 Å². The van der Waals surface area contributed by atoms with Crippen LogP contribution in [-0.2, 0) is 9.47 Å². The number of hydrogen-bond acceptors (Lipinski definition) is 8. The van der Waals surface area contributed by atoms with E-state index in [1.807, 2.05) is 6.07 Å². The Balaban J connectivity index is 1.68. The highest BCUT2D eigenvalue weighted by atomic mass is 32.1. The number of amides is 2. The molecule has 0 bridgehead atoms. The summed E-state index contributed by atoms with van der Waals surface area (Å²) >= 11 is 2.35. The topological polar surface area (TPSA) is 107 Å². The first-order valence-corrected chi connectivity index (χ1v) is 10.2. The van der Waals surface area contributed by atoms with Gasteiger partial charge in [-0.25, -0.2) is 14.6 Å². The molecule has 3 rings (SSSR count). The molecule has 0 aliphatic heterocycles. The monoisotopic (exact) mass is 433 g/mol. The van der Waals surface area contributed by atoms with Crippen molar-refractivity contribution in [2.45, 2.75) is 26.4 Å². The zero-order valence-electron chi connectivity index (χ0n) is 16.2. The van der Waals surface area contributed by atoms with Crippen LogP contribution >= 0.6 is 22.7 Å². The number of carbonyl (C=O) groups excluding carboxylic acids is 3. The van der Waals surface area contributed by atoms with Crippen molar-refractivity contribution in [1.82, 2.24) is 4.98 Å². The summed E-state index contributed by atoms with van der Waals surface area (Å²) in [5.41, 5.74) is -0.0537. The maximum absolute atomic E-state index is 12.5. The molecular weight excluding hydrogens is 414 g/mol. The zero-order valence-corrected chi connectivity index (χ0v) is 17.8. The fourth-order valence-corrected chi connectivity index (χ4v) is 4.00. The van der Waals surface area contributed by atoms with Crippen molar-refractivity contribution < 1.29 is 23.9 Å². The van der Waals surface area contributed by atoms with Crippen LogP contribution in [0.15, 0.2) is 30.5 Å². The second kappa shape index (κ2) is 8.18. The first-order valence-electron chi connectivity index (χ1n) is 8.54. The summed E-state index contributed by atoms with van der Waals surface area (Å²) in [4.78, 5) is 40.8. The smallest absolute Gasteiger partial charge is 0.413 e. The minimum Gasteiger partial charge on any atom is -0.465 e. The van der Waals surface area contributed by atoms with Gasteiger partial charge in [0.05, 0.1) is 13.3 Å². The van der Waals surface area contributed by atoms with E-state index in [1.165, 1.54) is 24.6 Å². The molecule has 0 aliphatic carbocycles.